The van der Waals surface area contributed by atoms with Crippen molar-refractivity contribution in [2.45, 2.75) is 0 Å². The average Bonchev–Trinajstić information content (AvgIpc) is 3.82. The Hall–Kier alpha value is -6.63. The van der Waals surface area contributed by atoms with E-state index in [0.29, 0.717) is 45.9 Å². The molecule has 9 heteroatoms. The van der Waals surface area contributed by atoms with Gasteiger partial charge in [-0.1, -0.05) is 66.2 Å². The number of para-hydroxylation sites is 3. The molecule has 0 fully saturated rings. The van der Waals surface area contributed by atoms with Crippen LogP contribution < -0.4 is 18.9 Å². The first kappa shape index (κ1) is 34.5. The van der Waals surface area contributed by atoms with Crippen LogP contribution in [0.1, 0.15) is 0 Å². The van der Waals surface area contributed by atoms with Gasteiger partial charge < -0.3 is 23.5 Å². The number of fused-ring (bicyclic) bond motifs is 3. The third-order valence-electron chi connectivity index (χ3n) is 8.76. The Morgan fingerprint density at radius 3 is 2.02 bits per heavy atom. The summed E-state index contributed by atoms with van der Waals surface area (Å²) in [6, 6.07) is 53.6. The summed E-state index contributed by atoms with van der Waals surface area (Å²) in [4.78, 5) is 4.66. The standard InChI is InChI=1S/C45H30N4O4.Pt/c1-50-35-24-25-46-44(28-35)49-40-19-9-8-18-38(40)39-23-22-37(27-41(39)49)51-36-17-10-12-32(26-36)48-30-31(29-47-48)45-42(52-33-13-4-2-5-14-33)20-11-21-43(45)53-34-15-6-3-7-16-34;/h2-25,28-30H,1H3;/q-2;+2. The van der Waals surface area contributed by atoms with E-state index >= 15 is 0 Å². The van der Waals surface area contributed by atoms with E-state index in [2.05, 4.69) is 33.8 Å². The van der Waals surface area contributed by atoms with Crippen LogP contribution >= 0.6 is 0 Å². The molecule has 0 bridgehead atoms. The molecule has 0 aliphatic carbocycles. The van der Waals surface area contributed by atoms with Gasteiger partial charge in [0.25, 0.3) is 0 Å². The number of benzene rings is 6. The molecule has 0 saturated heterocycles. The Kier molecular flexibility index (Phi) is 9.67. The minimum Gasteiger partial charge on any atom is -0.509 e. The molecule has 0 N–H and O–H groups in total. The van der Waals surface area contributed by atoms with Gasteiger partial charge in [-0.25, -0.2) is 4.98 Å². The molecule has 0 spiro atoms. The van der Waals surface area contributed by atoms with Crippen molar-refractivity contribution in [1.29, 1.82) is 0 Å². The maximum Gasteiger partial charge on any atom is 2.00 e. The Morgan fingerprint density at radius 1 is 0.593 bits per heavy atom. The zero-order valence-corrected chi connectivity index (χ0v) is 31.1. The van der Waals surface area contributed by atoms with Crippen LogP contribution in [0.3, 0.4) is 0 Å². The summed E-state index contributed by atoms with van der Waals surface area (Å²) < 4.78 is 28.5. The van der Waals surface area contributed by atoms with E-state index < -0.39 is 0 Å². The fourth-order valence-corrected chi connectivity index (χ4v) is 6.35. The van der Waals surface area contributed by atoms with Crippen LogP contribution in [0.2, 0.25) is 0 Å². The predicted octanol–water partition coefficient (Wildman–Crippen LogP) is 11.0. The van der Waals surface area contributed by atoms with Crippen LogP contribution in [0.15, 0.2) is 164 Å². The SMILES string of the molecule is COc1ccnc(-n2c3[c-]c(Oc4[c-]c(-n5cc(-c6c(Oc7ccccc7)cccc6Oc6ccccc6)cn5)ccc4)ccc3c3ccccc32)c1.[Pt+2]. The molecule has 0 amide bonds. The summed E-state index contributed by atoms with van der Waals surface area (Å²) in [5.41, 5.74) is 4.11. The van der Waals surface area contributed by atoms with Crippen molar-refractivity contribution in [3.63, 3.8) is 0 Å². The van der Waals surface area contributed by atoms with E-state index in [-0.39, 0.29) is 21.1 Å². The van der Waals surface area contributed by atoms with Crippen molar-refractivity contribution in [1.82, 2.24) is 19.3 Å². The number of hydrogen-bond donors (Lipinski definition) is 0. The fraction of sp³-hybridized carbons (Fsp3) is 0.0222. The van der Waals surface area contributed by atoms with Crippen molar-refractivity contribution >= 4 is 21.8 Å². The van der Waals surface area contributed by atoms with E-state index in [1.165, 1.54) is 0 Å². The third kappa shape index (κ3) is 6.83. The van der Waals surface area contributed by atoms with Gasteiger partial charge in [0.05, 0.1) is 18.9 Å². The van der Waals surface area contributed by atoms with Crippen molar-refractivity contribution in [2.75, 3.05) is 7.11 Å². The molecule has 9 rings (SSSR count). The molecule has 54 heavy (non-hydrogen) atoms. The summed E-state index contributed by atoms with van der Waals surface area (Å²) in [5.74, 6) is 5.19. The van der Waals surface area contributed by atoms with Gasteiger partial charge in [0, 0.05) is 41.0 Å². The zero-order chi connectivity index (χ0) is 35.6. The summed E-state index contributed by atoms with van der Waals surface area (Å²) in [6.07, 6.45) is 5.46. The second kappa shape index (κ2) is 15.2. The molecular formula is C45H30N4O4Pt. The first-order valence-corrected chi connectivity index (χ1v) is 17.0. The summed E-state index contributed by atoms with van der Waals surface area (Å²) in [7, 11) is 1.65. The van der Waals surface area contributed by atoms with E-state index in [9.17, 15) is 0 Å². The molecule has 0 saturated carbocycles. The van der Waals surface area contributed by atoms with Crippen molar-refractivity contribution in [3.05, 3.63) is 176 Å². The van der Waals surface area contributed by atoms with Gasteiger partial charge >= 0.3 is 21.1 Å². The number of aromatic nitrogens is 4. The Balaban J connectivity index is 0.00000413. The van der Waals surface area contributed by atoms with E-state index in [1.54, 1.807) is 24.2 Å². The van der Waals surface area contributed by atoms with Crippen LogP contribution in [0.4, 0.5) is 0 Å². The minimum absolute atomic E-state index is 0. The van der Waals surface area contributed by atoms with Crippen LogP contribution in [-0.4, -0.2) is 26.4 Å². The number of rotatable bonds is 10. The van der Waals surface area contributed by atoms with Crippen LogP contribution in [0.5, 0.6) is 40.2 Å². The molecular weight excluding hydrogens is 856 g/mol. The molecule has 0 atom stereocenters. The molecule has 9 aromatic rings. The molecule has 8 nitrogen and oxygen atoms in total. The molecule has 3 aromatic heterocycles. The Morgan fingerprint density at radius 2 is 1.28 bits per heavy atom. The molecule has 264 valence electrons. The van der Waals surface area contributed by atoms with Gasteiger partial charge in [-0.05, 0) is 59.6 Å². The molecule has 6 aromatic carbocycles. The molecule has 0 aliphatic heterocycles. The van der Waals surface area contributed by atoms with Crippen LogP contribution in [-0.2, 0) is 21.1 Å². The molecule has 0 unspecified atom stereocenters. The van der Waals surface area contributed by atoms with E-state index in [4.69, 9.17) is 24.0 Å². The Labute approximate surface area is 326 Å². The number of methoxy groups -OCH3 is 1. The first-order valence-electron chi connectivity index (χ1n) is 17.0. The number of pyridine rings is 1. The predicted molar refractivity (Wildman–Crippen MR) is 205 cm³/mol. The monoisotopic (exact) mass is 885 g/mol. The summed E-state index contributed by atoms with van der Waals surface area (Å²) >= 11 is 0. The van der Waals surface area contributed by atoms with Gasteiger partial charge in [0.15, 0.2) is 0 Å². The topological polar surface area (TPSA) is 72.6 Å². The molecule has 3 heterocycles. The smallest absolute Gasteiger partial charge is 0.509 e. The average molecular weight is 886 g/mol. The normalized spacial score (nSPS) is 10.9. The second-order valence-corrected chi connectivity index (χ2v) is 12.1. The number of hydrogen-bond acceptors (Lipinski definition) is 6. The van der Waals surface area contributed by atoms with Crippen molar-refractivity contribution in [3.8, 4) is 62.9 Å². The van der Waals surface area contributed by atoms with Gasteiger partial charge in [0.2, 0.25) is 0 Å². The maximum absolute atomic E-state index is 6.39. The third-order valence-corrected chi connectivity index (χ3v) is 8.76. The first-order chi connectivity index (χ1) is 26.2. The quantitative estimate of drug-likeness (QED) is 0.127. The van der Waals surface area contributed by atoms with Crippen LogP contribution in [0, 0.1) is 12.1 Å². The van der Waals surface area contributed by atoms with Crippen molar-refractivity contribution < 1.29 is 40.0 Å². The van der Waals surface area contributed by atoms with Gasteiger partial charge in [-0.3, -0.25) is 4.68 Å². The summed E-state index contributed by atoms with van der Waals surface area (Å²) in [5, 5.41) is 6.84. The second-order valence-electron chi connectivity index (χ2n) is 12.1. The number of ether oxygens (including phenoxy) is 4. The van der Waals surface area contributed by atoms with E-state index in [0.717, 1.165) is 38.8 Å². The largest absolute Gasteiger partial charge is 2.00 e. The maximum atomic E-state index is 6.39. The summed E-state index contributed by atoms with van der Waals surface area (Å²) in [6.45, 7) is 0. The molecule has 0 aliphatic rings. The van der Waals surface area contributed by atoms with E-state index in [1.807, 2.05) is 140 Å². The van der Waals surface area contributed by atoms with Gasteiger partial charge in [0.1, 0.15) is 34.6 Å². The van der Waals surface area contributed by atoms with Gasteiger partial charge in [-0.15, -0.1) is 35.7 Å². The van der Waals surface area contributed by atoms with Crippen molar-refractivity contribution in [2.24, 2.45) is 0 Å². The van der Waals surface area contributed by atoms with Gasteiger partial charge in [-0.2, -0.15) is 17.2 Å². The van der Waals surface area contributed by atoms with Crippen LogP contribution in [0.25, 0.3) is 44.4 Å². The Bertz CT molecular complexity index is 2650. The zero-order valence-electron chi connectivity index (χ0n) is 28.8. The molecule has 0 radical (unpaired) electrons. The number of nitrogens with zero attached hydrogens (tertiary/aromatic N) is 4. The minimum atomic E-state index is 0. The fourth-order valence-electron chi connectivity index (χ4n) is 6.35.